The summed E-state index contributed by atoms with van der Waals surface area (Å²) in [5.41, 5.74) is 5.34. The van der Waals surface area contributed by atoms with Crippen LogP contribution in [0.5, 0.6) is 0 Å². The van der Waals surface area contributed by atoms with Crippen molar-refractivity contribution in [2.45, 2.75) is 37.7 Å². The fourth-order valence-corrected chi connectivity index (χ4v) is 3.90. The van der Waals surface area contributed by atoms with E-state index in [4.69, 9.17) is 0 Å². The molecule has 3 aliphatic rings. The van der Waals surface area contributed by atoms with Crippen LogP contribution >= 0.6 is 0 Å². The van der Waals surface area contributed by atoms with Crippen LogP contribution in [0.3, 0.4) is 0 Å². The van der Waals surface area contributed by atoms with E-state index in [9.17, 15) is 5.11 Å². The first kappa shape index (κ1) is 10.6. The number of rotatable bonds is 1. The molecule has 0 saturated heterocycles. The van der Waals surface area contributed by atoms with Gasteiger partial charge >= 0.3 is 0 Å². The Kier molecular flexibility index (Phi) is 2.10. The monoisotopic (exact) mass is 238 g/mol. The predicted octanol–water partition coefficient (Wildman–Crippen LogP) is 3.71. The van der Waals surface area contributed by atoms with Gasteiger partial charge < -0.3 is 5.11 Å². The normalized spacial score (nSPS) is 33.6. The molecule has 1 N–H and O–H groups in total. The van der Waals surface area contributed by atoms with Gasteiger partial charge in [0, 0.05) is 0 Å². The highest BCUT2D eigenvalue weighted by Crippen LogP contribution is 2.54. The van der Waals surface area contributed by atoms with Crippen molar-refractivity contribution >= 4 is 5.57 Å². The molecule has 0 spiro atoms. The highest BCUT2D eigenvalue weighted by molar-refractivity contribution is 5.83. The van der Waals surface area contributed by atoms with Crippen LogP contribution in [0, 0.1) is 5.92 Å². The molecule has 1 aromatic rings. The van der Waals surface area contributed by atoms with Crippen LogP contribution in [0.15, 0.2) is 47.6 Å². The van der Waals surface area contributed by atoms with E-state index in [1.165, 1.54) is 35.1 Å². The van der Waals surface area contributed by atoms with Gasteiger partial charge in [-0.05, 0) is 66.4 Å². The molecular weight excluding hydrogens is 220 g/mol. The molecule has 0 heterocycles. The minimum absolute atomic E-state index is 0.468. The molecule has 1 heteroatoms. The van der Waals surface area contributed by atoms with Gasteiger partial charge in [-0.3, -0.25) is 0 Å². The zero-order chi connectivity index (χ0) is 12.2. The minimum atomic E-state index is -0.471. The van der Waals surface area contributed by atoms with Crippen molar-refractivity contribution in [1.29, 1.82) is 0 Å². The van der Waals surface area contributed by atoms with Gasteiger partial charge in [0.05, 0.1) is 5.60 Å². The molecule has 1 nitrogen and oxygen atoms in total. The molecule has 1 saturated carbocycles. The number of aliphatic hydroxyl groups is 1. The van der Waals surface area contributed by atoms with Gasteiger partial charge in [0.1, 0.15) is 0 Å². The third kappa shape index (κ3) is 1.37. The Bertz CT molecular complexity index is 552. The van der Waals surface area contributed by atoms with Crippen molar-refractivity contribution in [2.24, 2.45) is 5.92 Å². The van der Waals surface area contributed by atoms with Gasteiger partial charge in [0.15, 0.2) is 0 Å². The standard InChI is InChI=1S/C17H18O/c18-17-8-4-7-14(17)10-16-13(11-17)9-15(16)12-5-2-1-3-6-12/h1-3,5-6,11,14,18H,4,7-10H2/t14-,17+/m1/s1. The number of allylic oxidation sites excluding steroid dienone is 3. The quantitative estimate of drug-likeness (QED) is 0.791. The smallest absolute Gasteiger partial charge is 0.0864 e. The number of fused-ring (bicyclic) bond motifs is 2. The van der Waals surface area contributed by atoms with Crippen LogP contribution in [0.4, 0.5) is 0 Å². The van der Waals surface area contributed by atoms with Crippen molar-refractivity contribution in [3.63, 3.8) is 0 Å². The fraction of sp³-hybridized carbons (Fsp3) is 0.412. The molecule has 0 bridgehead atoms. The van der Waals surface area contributed by atoms with Crippen LogP contribution in [-0.2, 0) is 0 Å². The van der Waals surface area contributed by atoms with E-state index in [-0.39, 0.29) is 0 Å². The fourth-order valence-electron chi connectivity index (χ4n) is 3.90. The van der Waals surface area contributed by atoms with Gasteiger partial charge in [0.2, 0.25) is 0 Å². The van der Waals surface area contributed by atoms with Gasteiger partial charge in [-0.25, -0.2) is 0 Å². The third-order valence-corrected chi connectivity index (χ3v) is 4.95. The molecule has 0 unspecified atom stereocenters. The Morgan fingerprint density at radius 1 is 1.11 bits per heavy atom. The van der Waals surface area contributed by atoms with Gasteiger partial charge in [-0.15, -0.1) is 0 Å². The zero-order valence-corrected chi connectivity index (χ0v) is 10.5. The van der Waals surface area contributed by atoms with E-state index in [1.54, 1.807) is 0 Å². The van der Waals surface area contributed by atoms with Crippen molar-refractivity contribution in [2.75, 3.05) is 0 Å². The summed E-state index contributed by atoms with van der Waals surface area (Å²) < 4.78 is 0. The first-order valence-corrected chi connectivity index (χ1v) is 6.98. The van der Waals surface area contributed by atoms with Crippen molar-refractivity contribution in [1.82, 2.24) is 0 Å². The maximum absolute atomic E-state index is 10.6. The summed E-state index contributed by atoms with van der Waals surface area (Å²) in [6, 6.07) is 10.7. The van der Waals surface area contributed by atoms with E-state index in [2.05, 4.69) is 36.4 Å². The first-order valence-electron chi connectivity index (χ1n) is 6.98. The van der Waals surface area contributed by atoms with Gasteiger partial charge in [0.25, 0.3) is 0 Å². The topological polar surface area (TPSA) is 20.2 Å². The molecule has 4 rings (SSSR count). The van der Waals surface area contributed by atoms with E-state index in [0.717, 1.165) is 19.3 Å². The lowest BCUT2D eigenvalue weighted by molar-refractivity contribution is 0.0458. The Balaban J connectivity index is 1.75. The lowest BCUT2D eigenvalue weighted by Crippen LogP contribution is -2.36. The second kappa shape index (κ2) is 3.58. The van der Waals surface area contributed by atoms with Crippen LogP contribution in [-0.4, -0.2) is 10.7 Å². The summed E-state index contributed by atoms with van der Waals surface area (Å²) in [7, 11) is 0. The number of hydrogen-bond acceptors (Lipinski definition) is 1. The van der Waals surface area contributed by atoms with Crippen molar-refractivity contribution < 1.29 is 5.11 Å². The Morgan fingerprint density at radius 3 is 2.78 bits per heavy atom. The largest absolute Gasteiger partial charge is 0.385 e. The molecular formula is C17H18O. The van der Waals surface area contributed by atoms with E-state index < -0.39 is 5.60 Å². The first-order chi connectivity index (χ1) is 8.76. The molecule has 1 aromatic carbocycles. The SMILES string of the molecule is O[C@@]12C=C3CC(c4ccccc4)=C3C[C@H]1CCC2. The predicted molar refractivity (Wildman–Crippen MR) is 73.0 cm³/mol. The average molecular weight is 238 g/mol. The molecule has 2 atom stereocenters. The lowest BCUT2D eigenvalue weighted by Gasteiger charge is -2.40. The molecule has 18 heavy (non-hydrogen) atoms. The second-order valence-corrected chi connectivity index (χ2v) is 5.95. The van der Waals surface area contributed by atoms with Crippen molar-refractivity contribution in [3.05, 3.63) is 53.1 Å². The Morgan fingerprint density at radius 2 is 1.94 bits per heavy atom. The minimum Gasteiger partial charge on any atom is -0.385 e. The van der Waals surface area contributed by atoms with Gasteiger partial charge in [-0.2, -0.15) is 0 Å². The van der Waals surface area contributed by atoms with E-state index in [1.807, 2.05) is 0 Å². The average Bonchev–Trinajstić information content (AvgIpc) is 2.74. The Hall–Kier alpha value is -1.34. The number of benzene rings is 1. The summed E-state index contributed by atoms with van der Waals surface area (Å²) in [6.07, 6.45) is 7.65. The second-order valence-electron chi connectivity index (χ2n) is 5.95. The van der Waals surface area contributed by atoms with E-state index >= 15 is 0 Å². The van der Waals surface area contributed by atoms with E-state index in [0.29, 0.717) is 5.92 Å². The molecule has 0 radical (unpaired) electrons. The zero-order valence-electron chi connectivity index (χ0n) is 10.5. The summed E-state index contributed by atoms with van der Waals surface area (Å²) >= 11 is 0. The highest BCUT2D eigenvalue weighted by atomic mass is 16.3. The van der Waals surface area contributed by atoms with Crippen molar-refractivity contribution in [3.8, 4) is 0 Å². The number of hydrogen-bond donors (Lipinski definition) is 1. The Labute approximate surface area is 108 Å². The van der Waals surface area contributed by atoms with Crippen LogP contribution < -0.4 is 0 Å². The maximum atomic E-state index is 10.6. The lowest BCUT2D eigenvalue weighted by atomic mass is 9.67. The van der Waals surface area contributed by atoms with Crippen LogP contribution in [0.1, 0.15) is 37.7 Å². The molecule has 1 fully saturated rings. The third-order valence-electron chi connectivity index (χ3n) is 4.95. The van der Waals surface area contributed by atoms with Crippen LogP contribution in [0.25, 0.3) is 5.57 Å². The highest BCUT2D eigenvalue weighted by Gasteiger charge is 2.45. The molecule has 0 amide bonds. The van der Waals surface area contributed by atoms with Crippen LogP contribution in [0.2, 0.25) is 0 Å². The molecule has 3 aliphatic carbocycles. The van der Waals surface area contributed by atoms with Gasteiger partial charge in [-0.1, -0.05) is 30.3 Å². The molecule has 0 aliphatic heterocycles. The summed E-state index contributed by atoms with van der Waals surface area (Å²) in [5.74, 6) is 0.468. The molecule has 92 valence electrons. The maximum Gasteiger partial charge on any atom is 0.0864 e. The molecule has 0 aromatic heterocycles. The summed E-state index contributed by atoms with van der Waals surface area (Å²) in [4.78, 5) is 0. The summed E-state index contributed by atoms with van der Waals surface area (Å²) in [5, 5.41) is 10.6. The summed E-state index contributed by atoms with van der Waals surface area (Å²) in [6.45, 7) is 0.